The van der Waals surface area contributed by atoms with Gasteiger partial charge in [0, 0.05) is 5.92 Å². The van der Waals surface area contributed by atoms with Crippen LogP contribution in [-0.4, -0.2) is 21.3 Å². The van der Waals surface area contributed by atoms with Crippen LogP contribution in [0.4, 0.5) is 0 Å². The maximum atomic E-state index is 11.1. The summed E-state index contributed by atoms with van der Waals surface area (Å²) in [5.74, 6) is 0.138. The Morgan fingerprint density at radius 1 is 0.900 bits per heavy atom. The fourth-order valence-corrected chi connectivity index (χ4v) is 2.61. The summed E-state index contributed by atoms with van der Waals surface area (Å²) >= 11 is 0. The van der Waals surface area contributed by atoms with Gasteiger partial charge in [0.1, 0.15) is 0 Å². The Labute approximate surface area is 120 Å². The Morgan fingerprint density at radius 3 is 1.75 bits per heavy atom. The molecule has 0 radical (unpaired) electrons. The topological polar surface area (TPSA) is 43.4 Å². The molecule has 0 N–H and O–H groups in total. The molecule has 106 valence electrons. The van der Waals surface area contributed by atoms with Crippen molar-refractivity contribution < 1.29 is 12.6 Å². The van der Waals surface area contributed by atoms with Crippen LogP contribution in [0.3, 0.4) is 0 Å². The molecule has 0 aliphatic rings. The number of hydrogen-bond donors (Lipinski definition) is 0. The van der Waals surface area contributed by atoms with Gasteiger partial charge in [0.2, 0.25) is 0 Å². The normalized spacial score (nSPS) is 11.7. The fourth-order valence-electron chi connectivity index (χ4n) is 2.21. The maximum Gasteiger partial charge on any atom is 0.264 e. The zero-order valence-electron chi connectivity index (χ0n) is 11.4. The molecule has 2 aromatic rings. The first-order valence-corrected chi connectivity index (χ1v) is 8.32. The lowest BCUT2D eigenvalue weighted by molar-refractivity contribution is 0.309. The first-order valence-electron chi connectivity index (χ1n) is 6.50. The molecule has 20 heavy (non-hydrogen) atoms. The van der Waals surface area contributed by atoms with Gasteiger partial charge in [0.15, 0.2) is 0 Å². The molecule has 0 unspecified atom stereocenters. The van der Waals surface area contributed by atoms with E-state index in [9.17, 15) is 8.42 Å². The molecule has 4 heteroatoms. The van der Waals surface area contributed by atoms with E-state index in [1.165, 1.54) is 0 Å². The Hall–Kier alpha value is -1.65. The highest BCUT2D eigenvalue weighted by atomic mass is 32.2. The maximum absolute atomic E-state index is 11.1. The SMILES string of the molecule is CS(=O)(=O)OCCC(c1ccccc1)c1ccccc1. The van der Waals surface area contributed by atoms with E-state index in [0.717, 1.165) is 17.4 Å². The molecule has 0 aliphatic carbocycles. The molecule has 0 aromatic heterocycles. The molecule has 0 bridgehead atoms. The lowest BCUT2D eigenvalue weighted by Gasteiger charge is -2.17. The average molecular weight is 290 g/mol. The van der Waals surface area contributed by atoms with E-state index in [4.69, 9.17) is 4.18 Å². The van der Waals surface area contributed by atoms with Crippen molar-refractivity contribution >= 4 is 10.1 Å². The standard InChI is InChI=1S/C16H18O3S/c1-20(17,18)19-13-12-16(14-8-4-2-5-9-14)15-10-6-3-7-11-15/h2-11,16H,12-13H2,1H3. The quantitative estimate of drug-likeness (QED) is 0.767. The highest BCUT2D eigenvalue weighted by Crippen LogP contribution is 2.27. The molecule has 0 spiro atoms. The van der Waals surface area contributed by atoms with E-state index in [1.807, 2.05) is 36.4 Å². The predicted molar refractivity (Wildman–Crippen MR) is 80.1 cm³/mol. The zero-order chi connectivity index (χ0) is 14.4. The van der Waals surface area contributed by atoms with Crippen molar-refractivity contribution in [3.8, 4) is 0 Å². The second kappa shape index (κ2) is 6.68. The highest BCUT2D eigenvalue weighted by Gasteiger charge is 2.14. The molecule has 0 atom stereocenters. The lowest BCUT2D eigenvalue weighted by Crippen LogP contribution is -2.09. The molecule has 0 heterocycles. The third-order valence-corrected chi connectivity index (χ3v) is 3.70. The molecule has 0 fully saturated rings. The van der Waals surface area contributed by atoms with Gasteiger partial charge in [0.05, 0.1) is 12.9 Å². The summed E-state index contributed by atoms with van der Waals surface area (Å²) in [7, 11) is -3.38. The molecular formula is C16H18O3S. The van der Waals surface area contributed by atoms with Gasteiger partial charge in [-0.05, 0) is 17.5 Å². The third kappa shape index (κ3) is 4.47. The third-order valence-electron chi connectivity index (χ3n) is 3.11. The van der Waals surface area contributed by atoms with Gasteiger partial charge in [-0.2, -0.15) is 8.42 Å². The monoisotopic (exact) mass is 290 g/mol. The van der Waals surface area contributed by atoms with Gasteiger partial charge in [-0.1, -0.05) is 60.7 Å². The minimum Gasteiger partial charge on any atom is -0.270 e. The number of rotatable bonds is 6. The van der Waals surface area contributed by atoms with E-state index in [0.29, 0.717) is 6.42 Å². The Morgan fingerprint density at radius 2 is 1.35 bits per heavy atom. The summed E-state index contributed by atoms with van der Waals surface area (Å²) in [6, 6.07) is 20.1. The number of hydrogen-bond acceptors (Lipinski definition) is 3. The van der Waals surface area contributed by atoms with E-state index in [2.05, 4.69) is 24.3 Å². The summed E-state index contributed by atoms with van der Waals surface area (Å²) in [5.41, 5.74) is 2.33. The van der Waals surface area contributed by atoms with Crippen molar-refractivity contribution in [2.75, 3.05) is 12.9 Å². The van der Waals surface area contributed by atoms with Crippen LogP contribution in [0.5, 0.6) is 0 Å². The van der Waals surface area contributed by atoms with Crippen LogP contribution in [0.2, 0.25) is 0 Å². The molecular weight excluding hydrogens is 272 g/mol. The molecule has 0 aliphatic heterocycles. The Balaban J connectivity index is 2.17. The fraction of sp³-hybridized carbons (Fsp3) is 0.250. The van der Waals surface area contributed by atoms with Crippen molar-refractivity contribution in [2.45, 2.75) is 12.3 Å². The van der Waals surface area contributed by atoms with Crippen LogP contribution >= 0.6 is 0 Å². The van der Waals surface area contributed by atoms with E-state index < -0.39 is 10.1 Å². The van der Waals surface area contributed by atoms with Crippen LogP contribution in [0, 0.1) is 0 Å². The van der Waals surface area contributed by atoms with Gasteiger partial charge >= 0.3 is 0 Å². The summed E-state index contributed by atoms with van der Waals surface area (Å²) in [6.45, 7) is 0.188. The van der Waals surface area contributed by atoms with Gasteiger partial charge in [-0.15, -0.1) is 0 Å². The highest BCUT2D eigenvalue weighted by molar-refractivity contribution is 7.85. The molecule has 3 nitrogen and oxygen atoms in total. The van der Waals surface area contributed by atoms with E-state index in [-0.39, 0.29) is 12.5 Å². The first kappa shape index (κ1) is 14.8. The average Bonchev–Trinajstić information content (AvgIpc) is 2.44. The molecule has 2 aromatic carbocycles. The van der Waals surface area contributed by atoms with Crippen LogP contribution in [0.1, 0.15) is 23.5 Å². The Kier molecular flexibility index (Phi) is 4.93. The van der Waals surface area contributed by atoms with Gasteiger partial charge < -0.3 is 0 Å². The lowest BCUT2D eigenvalue weighted by atomic mass is 9.89. The minimum absolute atomic E-state index is 0.138. The smallest absolute Gasteiger partial charge is 0.264 e. The van der Waals surface area contributed by atoms with Crippen molar-refractivity contribution in [3.05, 3.63) is 71.8 Å². The molecule has 0 amide bonds. The summed E-state index contributed by atoms with van der Waals surface area (Å²) < 4.78 is 27.0. The first-order chi connectivity index (χ1) is 9.56. The van der Waals surface area contributed by atoms with Crippen LogP contribution in [0.25, 0.3) is 0 Å². The zero-order valence-corrected chi connectivity index (χ0v) is 12.2. The molecule has 0 saturated heterocycles. The second-order valence-electron chi connectivity index (χ2n) is 4.69. The van der Waals surface area contributed by atoms with Crippen molar-refractivity contribution in [1.82, 2.24) is 0 Å². The summed E-state index contributed by atoms with van der Waals surface area (Å²) in [4.78, 5) is 0. The van der Waals surface area contributed by atoms with Gasteiger partial charge in [0.25, 0.3) is 10.1 Å². The van der Waals surface area contributed by atoms with Crippen LogP contribution < -0.4 is 0 Å². The van der Waals surface area contributed by atoms with Crippen molar-refractivity contribution in [2.24, 2.45) is 0 Å². The van der Waals surface area contributed by atoms with Gasteiger partial charge in [-0.3, -0.25) is 4.18 Å². The second-order valence-corrected chi connectivity index (χ2v) is 6.33. The van der Waals surface area contributed by atoms with E-state index >= 15 is 0 Å². The Bertz CT molecular complexity index is 582. The van der Waals surface area contributed by atoms with Crippen LogP contribution in [-0.2, 0) is 14.3 Å². The predicted octanol–water partition coefficient (Wildman–Crippen LogP) is 3.18. The summed E-state index contributed by atoms with van der Waals surface area (Å²) in [6.07, 6.45) is 1.70. The number of benzene rings is 2. The van der Waals surface area contributed by atoms with Gasteiger partial charge in [-0.25, -0.2) is 0 Å². The summed E-state index contributed by atoms with van der Waals surface area (Å²) in [5, 5.41) is 0. The van der Waals surface area contributed by atoms with Crippen LogP contribution in [0.15, 0.2) is 60.7 Å². The van der Waals surface area contributed by atoms with Crippen molar-refractivity contribution in [1.29, 1.82) is 0 Å². The van der Waals surface area contributed by atoms with Crippen molar-refractivity contribution in [3.63, 3.8) is 0 Å². The molecule has 2 rings (SSSR count). The molecule has 0 saturated carbocycles. The largest absolute Gasteiger partial charge is 0.270 e. The minimum atomic E-state index is -3.38. The van der Waals surface area contributed by atoms with E-state index in [1.54, 1.807) is 0 Å².